The third kappa shape index (κ3) is 4.14. The third-order valence-corrected chi connectivity index (χ3v) is 5.30. The molecule has 1 atom stereocenters. The minimum atomic E-state index is -0.122. The summed E-state index contributed by atoms with van der Waals surface area (Å²) in [5, 5.41) is 4.17. The van der Waals surface area contributed by atoms with Gasteiger partial charge in [0.25, 0.3) is 0 Å². The fourth-order valence-corrected chi connectivity index (χ4v) is 3.80. The van der Waals surface area contributed by atoms with Gasteiger partial charge in [0.15, 0.2) is 0 Å². The molecule has 3 aromatic rings. The van der Waals surface area contributed by atoms with Crippen LogP contribution >= 0.6 is 0 Å². The number of nitrogens with zero attached hydrogens (tertiary/aromatic N) is 3. The summed E-state index contributed by atoms with van der Waals surface area (Å²) in [6, 6.07) is 18.1. The zero-order chi connectivity index (χ0) is 19.3. The second kappa shape index (κ2) is 8.38. The van der Waals surface area contributed by atoms with E-state index in [0.717, 1.165) is 43.4 Å². The van der Waals surface area contributed by atoms with E-state index in [1.165, 1.54) is 5.56 Å². The normalized spacial score (nSPS) is 16.9. The molecule has 1 aliphatic heterocycles. The molecular weight excluding hydrogens is 350 g/mol. The number of aromatic nitrogens is 2. The van der Waals surface area contributed by atoms with E-state index in [0.29, 0.717) is 18.1 Å². The summed E-state index contributed by atoms with van der Waals surface area (Å²) in [5.74, 6) is 1.29. The monoisotopic (exact) mass is 375 g/mol. The number of carbonyl (C=O) groups is 1. The maximum Gasteiger partial charge on any atom is 0.249 e. The molecule has 1 amide bonds. The van der Waals surface area contributed by atoms with Crippen LogP contribution in [0.15, 0.2) is 59.1 Å². The maximum absolute atomic E-state index is 12.9. The molecule has 144 valence electrons. The highest BCUT2D eigenvalue weighted by Crippen LogP contribution is 2.32. The lowest BCUT2D eigenvalue weighted by Crippen LogP contribution is -2.38. The second-order valence-electron chi connectivity index (χ2n) is 7.41. The Labute approximate surface area is 165 Å². The first-order valence-corrected chi connectivity index (χ1v) is 9.95. The standard InChI is InChI=1S/C23H25N3O2/c1-17-8-7-11-19(16-17)22-24-23(28-25-22)20-12-5-6-15-26(20)21(27)14-13-18-9-3-2-4-10-18/h2-4,7-11,16,20H,5-6,12-15H2,1H3. The van der Waals surface area contributed by atoms with Gasteiger partial charge in [0.05, 0.1) is 0 Å². The van der Waals surface area contributed by atoms with Crippen LogP contribution in [0, 0.1) is 6.92 Å². The minimum absolute atomic E-state index is 0.122. The smallest absolute Gasteiger partial charge is 0.249 e. The highest BCUT2D eigenvalue weighted by molar-refractivity contribution is 5.77. The molecule has 0 saturated carbocycles. The molecule has 1 aliphatic rings. The lowest BCUT2D eigenvalue weighted by atomic mass is 10.0. The Morgan fingerprint density at radius 3 is 2.82 bits per heavy atom. The van der Waals surface area contributed by atoms with Crippen LogP contribution in [0.3, 0.4) is 0 Å². The van der Waals surface area contributed by atoms with Gasteiger partial charge in [-0.15, -0.1) is 0 Å². The SMILES string of the molecule is Cc1cccc(-c2noc(C3CCCCN3C(=O)CCc3ccccc3)n2)c1. The van der Waals surface area contributed by atoms with Crippen LogP contribution in [0.5, 0.6) is 0 Å². The Morgan fingerprint density at radius 1 is 1.14 bits per heavy atom. The van der Waals surface area contributed by atoms with Gasteiger partial charge in [-0.3, -0.25) is 4.79 Å². The molecule has 0 radical (unpaired) electrons. The van der Waals surface area contributed by atoms with Gasteiger partial charge in [-0.2, -0.15) is 4.98 Å². The van der Waals surface area contributed by atoms with Crippen LogP contribution in [0.25, 0.3) is 11.4 Å². The number of piperidine rings is 1. The summed E-state index contributed by atoms with van der Waals surface area (Å²) in [4.78, 5) is 19.5. The number of aryl methyl sites for hydroxylation is 2. The van der Waals surface area contributed by atoms with E-state index in [2.05, 4.69) is 22.3 Å². The van der Waals surface area contributed by atoms with Gasteiger partial charge in [0.1, 0.15) is 6.04 Å². The molecule has 1 unspecified atom stereocenters. The van der Waals surface area contributed by atoms with E-state index in [9.17, 15) is 4.79 Å². The van der Waals surface area contributed by atoms with Crippen molar-refractivity contribution >= 4 is 5.91 Å². The predicted molar refractivity (Wildman–Crippen MR) is 108 cm³/mol. The molecular formula is C23H25N3O2. The molecule has 2 heterocycles. The number of benzene rings is 2. The number of hydrogen-bond donors (Lipinski definition) is 0. The van der Waals surface area contributed by atoms with Gasteiger partial charge in [-0.25, -0.2) is 0 Å². The van der Waals surface area contributed by atoms with Gasteiger partial charge in [-0.05, 0) is 44.2 Å². The molecule has 0 spiro atoms. The van der Waals surface area contributed by atoms with Gasteiger partial charge in [0, 0.05) is 18.5 Å². The molecule has 0 aliphatic carbocycles. The van der Waals surface area contributed by atoms with E-state index in [4.69, 9.17) is 4.52 Å². The zero-order valence-corrected chi connectivity index (χ0v) is 16.2. The first kappa shape index (κ1) is 18.4. The Kier molecular flexibility index (Phi) is 5.51. The summed E-state index contributed by atoms with van der Waals surface area (Å²) in [5.41, 5.74) is 3.27. The van der Waals surface area contributed by atoms with E-state index in [-0.39, 0.29) is 11.9 Å². The van der Waals surface area contributed by atoms with Crippen molar-refractivity contribution in [2.75, 3.05) is 6.54 Å². The molecule has 1 aromatic heterocycles. The van der Waals surface area contributed by atoms with Crippen LogP contribution in [-0.2, 0) is 11.2 Å². The fourth-order valence-electron chi connectivity index (χ4n) is 3.80. The Bertz CT molecular complexity index is 936. The van der Waals surface area contributed by atoms with E-state index < -0.39 is 0 Å². The van der Waals surface area contributed by atoms with Crippen molar-refractivity contribution in [2.45, 2.75) is 45.1 Å². The van der Waals surface area contributed by atoms with Gasteiger partial charge >= 0.3 is 0 Å². The number of likely N-dealkylation sites (tertiary alicyclic amines) is 1. The van der Waals surface area contributed by atoms with Crippen LogP contribution in [0.2, 0.25) is 0 Å². The van der Waals surface area contributed by atoms with E-state index in [1.54, 1.807) is 0 Å². The molecule has 0 bridgehead atoms. The van der Waals surface area contributed by atoms with Crippen molar-refractivity contribution in [3.05, 3.63) is 71.6 Å². The van der Waals surface area contributed by atoms with Crippen molar-refractivity contribution in [2.24, 2.45) is 0 Å². The van der Waals surface area contributed by atoms with Crippen LogP contribution in [0.1, 0.15) is 48.7 Å². The summed E-state index contributed by atoms with van der Waals surface area (Å²) in [7, 11) is 0. The largest absolute Gasteiger partial charge is 0.337 e. The molecule has 4 rings (SSSR count). The molecule has 0 N–H and O–H groups in total. The highest BCUT2D eigenvalue weighted by atomic mass is 16.5. The second-order valence-corrected chi connectivity index (χ2v) is 7.41. The summed E-state index contributed by atoms with van der Waals surface area (Å²) < 4.78 is 5.59. The molecule has 1 fully saturated rings. The fraction of sp³-hybridized carbons (Fsp3) is 0.348. The average molecular weight is 375 g/mol. The van der Waals surface area contributed by atoms with E-state index >= 15 is 0 Å². The van der Waals surface area contributed by atoms with Crippen LogP contribution < -0.4 is 0 Å². The number of rotatable bonds is 5. The highest BCUT2D eigenvalue weighted by Gasteiger charge is 2.32. The van der Waals surface area contributed by atoms with Crippen molar-refractivity contribution < 1.29 is 9.32 Å². The maximum atomic E-state index is 12.9. The molecule has 5 heteroatoms. The number of carbonyl (C=O) groups excluding carboxylic acids is 1. The quantitative estimate of drug-likeness (QED) is 0.647. The van der Waals surface area contributed by atoms with Crippen molar-refractivity contribution in [3.8, 4) is 11.4 Å². The summed E-state index contributed by atoms with van der Waals surface area (Å²) in [6.07, 6.45) is 4.20. The molecule has 28 heavy (non-hydrogen) atoms. The predicted octanol–water partition coefficient (Wildman–Crippen LogP) is 4.73. The Morgan fingerprint density at radius 2 is 2.00 bits per heavy atom. The summed E-state index contributed by atoms with van der Waals surface area (Å²) >= 11 is 0. The zero-order valence-electron chi connectivity index (χ0n) is 16.2. The number of amides is 1. The van der Waals surface area contributed by atoms with Gasteiger partial charge < -0.3 is 9.42 Å². The number of hydrogen-bond acceptors (Lipinski definition) is 4. The molecule has 1 saturated heterocycles. The summed E-state index contributed by atoms with van der Waals surface area (Å²) in [6.45, 7) is 2.79. The topological polar surface area (TPSA) is 59.2 Å². The molecule has 2 aromatic carbocycles. The first-order chi connectivity index (χ1) is 13.7. The van der Waals surface area contributed by atoms with Crippen molar-refractivity contribution in [1.29, 1.82) is 0 Å². The lowest BCUT2D eigenvalue weighted by molar-refractivity contribution is -0.135. The van der Waals surface area contributed by atoms with Crippen molar-refractivity contribution in [3.63, 3.8) is 0 Å². The minimum Gasteiger partial charge on any atom is -0.337 e. The first-order valence-electron chi connectivity index (χ1n) is 9.95. The van der Waals surface area contributed by atoms with E-state index in [1.807, 2.05) is 54.3 Å². The molecule has 5 nitrogen and oxygen atoms in total. The van der Waals surface area contributed by atoms with Gasteiger partial charge in [0.2, 0.25) is 17.6 Å². The lowest BCUT2D eigenvalue weighted by Gasteiger charge is -2.33. The Balaban J connectivity index is 1.48. The third-order valence-electron chi connectivity index (χ3n) is 5.30. The van der Waals surface area contributed by atoms with Gasteiger partial charge in [-0.1, -0.05) is 59.3 Å². The average Bonchev–Trinajstić information content (AvgIpc) is 3.23. The van der Waals surface area contributed by atoms with Crippen LogP contribution in [-0.4, -0.2) is 27.5 Å². The van der Waals surface area contributed by atoms with Crippen LogP contribution in [0.4, 0.5) is 0 Å². The van der Waals surface area contributed by atoms with Crippen molar-refractivity contribution in [1.82, 2.24) is 15.0 Å². The Hall–Kier alpha value is -2.95.